The van der Waals surface area contributed by atoms with Crippen LogP contribution in [0.4, 0.5) is 0 Å². The van der Waals surface area contributed by atoms with Crippen molar-refractivity contribution in [3.05, 3.63) is 48.0 Å². The summed E-state index contributed by atoms with van der Waals surface area (Å²) in [5.74, 6) is 2.25. The average molecular weight is 308 g/mol. The molecule has 1 nitrogen and oxygen atoms in total. The van der Waals surface area contributed by atoms with Gasteiger partial charge in [-0.15, -0.1) is 12.3 Å². The Morgan fingerprint density at radius 1 is 1.14 bits per heavy atom. The van der Waals surface area contributed by atoms with Gasteiger partial charge in [0.05, 0.1) is 0 Å². The van der Waals surface area contributed by atoms with E-state index < -0.39 is 0 Å². The largest absolute Gasteiger partial charge is 0.316 e. The molecule has 2 heteroatoms. The molecule has 1 aliphatic carbocycles. The van der Waals surface area contributed by atoms with Crippen molar-refractivity contribution in [1.82, 2.24) is 5.32 Å². The van der Waals surface area contributed by atoms with Crippen molar-refractivity contribution in [3.63, 3.8) is 0 Å². The molecule has 0 saturated heterocycles. The minimum absolute atomic E-state index is 0.959. The third-order valence-electron chi connectivity index (χ3n) is 2.72. The molecule has 0 heterocycles. The first-order chi connectivity index (χ1) is 10.3. The van der Waals surface area contributed by atoms with Gasteiger partial charge in [-0.3, -0.25) is 0 Å². The Balaban J connectivity index is 0. The van der Waals surface area contributed by atoms with Gasteiger partial charge in [0.25, 0.3) is 0 Å². The van der Waals surface area contributed by atoms with Crippen LogP contribution < -0.4 is 5.32 Å². The molecule has 0 amide bonds. The quantitative estimate of drug-likeness (QED) is 0.685. The Hall–Kier alpha value is -1.23. The van der Waals surface area contributed by atoms with Gasteiger partial charge < -0.3 is 5.32 Å². The van der Waals surface area contributed by atoms with Crippen LogP contribution in [0.25, 0.3) is 0 Å². The van der Waals surface area contributed by atoms with E-state index in [4.69, 9.17) is 11.6 Å². The standard InChI is InChI=1S/C8H11N.C6H12.C3H4.C2H3Cl/c1-9-7-8-5-3-2-4-6-8;1-2-4-6-5-3-1;1-3-2;1-2-3/h2-6,9H,7H2,1H3;1-6H2;1H,2H3;2H,1H2. The van der Waals surface area contributed by atoms with Gasteiger partial charge in [-0.25, -0.2) is 0 Å². The van der Waals surface area contributed by atoms with Gasteiger partial charge in [-0.1, -0.05) is 87.0 Å². The molecule has 0 bridgehead atoms. The molecule has 0 atom stereocenters. The molecule has 1 saturated carbocycles. The fourth-order valence-corrected chi connectivity index (χ4v) is 1.86. The molecule has 0 unspecified atom stereocenters. The Kier molecular flexibility index (Phi) is 22.1. The van der Waals surface area contributed by atoms with Crippen molar-refractivity contribution in [2.75, 3.05) is 7.05 Å². The molecule has 21 heavy (non-hydrogen) atoms. The third kappa shape index (κ3) is 21.2. The lowest BCUT2D eigenvalue weighted by molar-refractivity contribution is 0.504. The van der Waals surface area contributed by atoms with Crippen LogP contribution in [0.3, 0.4) is 0 Å². The lowest BCUT2D eigenvalue weighted by Gasteiger charge is -2.05. The maximum absolute atomic E-state index is 4.76. The molecule has 1 fully saturated rings. The van der Waals surface area contributed by atoms with E-state index in [9.17, 15) is 0 Å². The SMILES string of the molecule is C#CC.C1CCCCC1.C=CCl.CNCc1ccccc1. The molecule has 1 aliphatic rings. The molecule has 0 radical (unpaired) electrons. The Bertz CT molecular complexity index is 325. The zero-order valence-corrected chi connectivity index (χ0v) is 14.3. The van der Waals surface area contributed by atoms with E-state index in [1.165, 1.54) is 49.6 Å². The summed E-state index contributed by atoms with van der Waals surface area (Å²) in [6.07, 6.45) is 13.6. The summed E-state index contributed by atoms with van der Waals surface area (Å²) in [6.45, 7) is 5.74. The van der Waals surface area contributed by atoms with E-state index in [0.29, 0.717) is 0 Å². The molecule has 118 valence electrons. The fourth-order valence-electron chi connectivity index (χ4n) is 1.86. The van der Waals surface area contributed by atoms with Crippen LogP contribution in [0.15, 0.2) is 42.4 Å². The number of hydrogen-bond acceptors (Lipinski definition) is 1. The van der Waals surface area contributed by atoms with Gasteiger partial charge in [0.15, 0.2) is 0 Å². The van der Waals surface area contributed by atoms with E-state index in [2.05, 4.69) is 36.4 Å². The molecule has 0 aromatic heterocycles. The number of hydrogen-bond donors (Lipinski definition) is 1. The van der Waals surface area contributed by atoms with Gasteiger partial charge in [0, 0.05) is 6.54 Å². The second kappa shape index (κ2) is 21.1. The molecule has 1 N–H and O–H groups in total. The topological polar surface area (TPSA) is 12.0 Å². The number of rotatable bonds is 2. The number of benzene rings is 1. The highest BCUT2D eigenvalue weighted by molar-refractivity contribution is 6.25. The Labute approximate surface area is 136 Å². The second-order valence-corrected chi connectivity index (χ2v) is 4.89. The van der Waals surface area contributed by atoms with Crippen LogP contribution in [-0.2, 0) is 6.54 Å². The molecule has 2 rings (SSSR count). The predicted molar refractivity (Wildman–Crippen MR) is 97.5 cm³/mol. The van der Waals surface area contributed by atoms with Crippen LogP contribution in [0.2, 0.25) is 0 Å². The Morgan fingerprint density at radius 2 is 1.48 bits per heavy atom. The van der Waals surface area contributed by atoms with E-state index in [0.717, 1.165) is 6.54 Å². The number of halogens is 1. The lowest BCUT2D eigenvalue weighted by atomic mass is 10.0. The van der Waals surface area contributed by atoms with Gasteiger partial charge >= 0.3 is 0 Å². The predicted octanol–water partition coefficient (Wildman–Crippen LogP) is 5.75. The number of nitrogens with one attached hydrogen (secondary N) is 1. The third-order valence-corrected chi connectivity index (χ3v) is 2.72. The summed E-state index contributed by atoms with van der Waals surface area (Å²) in [7, 11) is 1.95. The minimum Gasteiger partial charge on any atom is -0.316 e. The monoisotopic (exact) mass is 307 g/mol. The molecular weight excluding hydrogens is 278 g/mol. The highest BCUT2D eigenvalue weighted by Crippen LogP contribution is 2.15. The van der Waals surface area contributed by atoms with Crippen LogP contribution >= 0.6 is 11.6 Å². The zero-order chi connectivity index (χ0) is 16.2. The summed E-state index contributed by atoms with van der Waals surface area (Å²) in [6, 6.07) is 10.3. The van der Waals surface area contributed by atoms with Crippen LogP contribution in [-0.4, -0.2) is 7.05 Å². The maximum atomic E-state index is 4.76. The van der Waals surface area contributed by atoms with Crippen molar-refractivity contribution in [2.45, 2.75) is 52.0 Å². The highest BCUT2D eigenvalue weighted by Gasteiger charge is 1.95. The summed E-state index contributed by atoms with van der Waals surface area (Å²) in [4.78, 5) is 0. The smallest absolute Gasteiger partial charge is 0.0202 e. The summed E-state index contributed by atoms with van der Waals surface area (Å²) >= 11 is 4.76. The van der Waals surface area contributed by atoms with E-state index >= 15 is 0 Å². The summed E-state index contributed by atoms with van der Waals surface area (Å²) in [5, 5.41) is 3.08. The average Bonchev–Trinajstić information content (AvgIpc) is 2.53. The normalized spacial score (nSPS) is 11.9. The van der Waals surface area contributed by atoms with Crippen molar-refractivity contribution in [1.29, 1.82) is 0 Å². The first-order valence-electron chi connectivity index (χ1n) is 7.53. The van der Waals surface area contributed by atoms with Crippen molar-refractivity contribution in [3.8, 4) is 12.3 Å². The zero-order valence-electron chi connectivity index (χ0n) is 13.6. The Morgan fingerprint density at radius 3 is 1.76 bits per heavy atom. The van der Waals surface area contributed by atoms with E-state index in [-0.39, 0.29) is 0 Å². The minimum atomic E-state index is 0.959. The van der Waals surface area contributed by atoms with E-state index in [1.807, 2.05) is 25.2 Å². The van der Waals surface area contributed by atoms with Crippen LogP contribution in [0.5, 0.6) is 0 Å². The van der Waals surface area contributed by atoms with Gasteiger partial charge in [0.1, 0.15) is 0 Å². The van der Waals surface area contributed by atoms with Gasteiger partial charge in [-0.2, -0.15) is 0 Å². The number of terminal acetylenes is 1. The van der Waals surface area contributed by atoms with Gasteiger partial charge in [0.2, 0.25) is 0 Å². The first-order valence-corrected chi connectivity index (χ1v) is 7.97. The molecular formula is C19H30ClN. The van der Waals surface area contributed by atoms with Crippen LogP contribution in [0, 0.1) is 12.3 Å². The van der Waals surface area contributed by atoms with Gasteiger partial charge in [-0.05, 0) is 25.1 Å². The lowest BCUT2D eigenvalue weighted by Crippen LogP contribution is -2.04. The maximum Gasteiger partial charge on any atom is 0.0202 e. The summed E-state index contributed by atoms with van der Waals surface area (Å²) < 4.78 is 0. The van der Waals surface area contributed by atoms with Crippen LogP contribution in [0.1, 0.15) is 51.0 Å². The molecule has 1 aromatic carbocycles. The second-order valence-electron chi connectivity index (χ2n) is 4.58. The van der Waals surface area contributed by atoms with E-state index in [1.54, 1.807) is 6.92 Å². The molecule has 0 spiro atoms. The summed E-state index contributed by atoms with van der Waals surface area (Å²) in [5.41, 5.74) is 2.56. The fraction of sp³-hybridized carbons (Fsp3) is 0.474. The molecule has 0 aliphatic heterocycles. The highest BCUT2D eigenvalue weighted by atomic mass is 35.5. The van der Waals surface area contributed by atoms with Crippen molar-refractivity contribution < 1.29 is 0 Å². The molecule has 1 aromatic rings. The first kappa shape index (κ1) is 22.1. The van der Waals surface area contributed by atoms with Crippen molar-refractivity contribution >= 4 is 11.6 Å². The van der Waals surface area contributed by atoms with Crippen molar-refractivity contribution in [2.24, 2.45) is 0 Å².